The van der Waals surface area contributed by atoms with Gasteiger partial charge in [-0.1, -0.05) is 18.2 Å². The molecule has 19 heavy (non-hydrogen) atoms. The molecule has 1 atom stereocenters. The number of rotatable bonds is 4. The minimum absolute atomic E-state index is 0.357. The van der Waals surface area contributed by atoms with Crippen molar-refractivity contribution in [3.05, 3.63) is 48.0 Å². The summed E-state index contributed by atoms with van der Waals surface area (Å²) < 4.78 is 2.12. The Kier molecular flexibility index (Phi) is 2.96. The van der Waals surface area contributed by atoms with E-state index in [-0.39, 0.29) is 6.04 Å². The zero-order chi connectivity index (χ0) is 13.2. The number of anilines is 1. The van der Waals surface area contributed by atoms with Crippen LogP contribution in [0, 0.1) is 18.3 Å². The van der Waals surface area contributed by atoms with Gasteiger partial charge in [-0.25, -0.2) is 4.98 Å². The molecule has 2 aromatic rings. The third-order valence-corrected chi connectivity index (χ3v) is 3.51. The third kappa shape index (κ3) is 2.32. The maximum atomic E-state index is 9.42. The summed E-state index contributed by atoms with van der Waals surface area (Å²) in [6.45, 7) is 2.04. The van der Waals surface area contributed by atoms with Crippen LogP contribution in [0.5, 0.6) is 0 Å². The molecule has 0 spiro atoms. The predicted octanol–water partition coefficient (Wildman–Crippen LogP) is 3.20. The van der Waals surface area contributed by atoms with Gasteiger partial charge in [0.1, 0.15) is 0 Å². The molecule has 1 fully saturated rings. The van der Waals surface area contributed by atoms with Crippen molar-refractivity contribution in [2.45, 2.75) is 31.8 Å². The van der Waals surface area contributed by atoms with Gasteiger partial charge in [-0.05, 0) is 31.4 Å². The molecule has 96 valence electrons. The van der Waals surface area contributed by atoms with Gasteiger partial charge in [0.25, 0.3) is 0 Å². The van der Waals surface area contributed by atoms with Crippen molar-refractivity contribution in [3.63, 3.8) is 0 Å². The lowest BCUT2D eigenvalue weighted by molar-refractivity contribution is 0.684. The number of aromatic nitrogens is 2. The summed E-state index contributed by atoms with van der Waals surface area (Å²) in [7, 11) is 0. The summed E-state index contributed by atoms with van der Waals surface area (Å²) in [5.41, 5.74) is 3.09. The highest BCUT2D eigenvalue weighted by molar-refractivity contribution is 5.52. The van der Waals surface area contributed by atoms with Crippen molar-refractivity contribution in [3.8, 4) is 6.07 Å². The van der Waals surface area contributed by atoms with Crippen molar-refractivity contribution in [2.75, 3.05) is 5.32 Å². The Labute approximate surface area is 112 Å². The molecule has 1 aromatic heterocycles. The Morgan fingerprint density at radius 3 is 2.89 bits per heavy atom. The van der Waals surface area contributed by atoms with Crippen LogP contribution >= 0.6 is 0 Å². The standard InChI is InChI=1S/C15H16N4/c1-11-4-2-3-5-13(11)18-14(8-16)15-9-17-10-19(15)12-6-7-12/h2-5,9-10,12,14,18H,6-7H2,1H3. The summed E-state index contributed by atoms with van der Waals surface area (Å²) in [6.07, 6.45) is 5.99. The lowest BCUT2D eigenvalue weighted by atomic mass is 10.1. The number of hydrogen-bond donors (Lipinski definition) is 1. The monoisotopic (exact) mass is 252 g/mol. The van der Waals surface area contributed by atoms with E-state index in [2.05, 4.69) is 20.9 Å². The maximum absolute atomic E-state index is 9.42. The largest absolute Gasteiger partial charge is 0.365 e. The summed E-state index contributed by atoms with van der Waals surface area (Å²) >= 11 is 0. The summed E-state index contributed by atoms with van der Waals surface area (Å²) in [6, 6.07) is 10.5. The first-order valence-corrected chi connectivity index (χ1v) is 6.53. The minimum Gasteiger partial charge on any atom is -0.365 e. The molecule has 1 heterocycles. The normalized spacial score (nSPS) is 15.8. The van der Waals surface area contributed by atoms with Gasteiger partial charge in [-0.2, -0.15) is 5.26 Å². The van der Waals surface area contributed by atoms with Crippen LogP contribution in [-0.4, -0.2) is 9.55 Å². The van der Waals surface area contributed by atoms with E-state index in [9.17, 15) is 5.26 Å². The minimum atomic E-state index is -0.357. The van der Waals surface area contributed by atoms with E-state index in [1.54, 1.807) is 6.20 Å². The first-order valence-electron chi connectivity index (χ1n) is 6.53. The molecule has 1 N–H and O–H groups in total. The average Bonchev–Trinajstić information content (AvgIpc) is 3.16. The zero-order valence-corrected chi connectivity index (χ0v) is 10.9. The highest BCUT2D eigenvalue weighted by Crippen LogP contribution is 2.37. The number of aryl methyl sites for hydroxylation is 1. The number of nitrogens with zero attached hydrogens (tertiary/aromatic N) is 3. The summed E-state index contributed by atoms with van der Waals surface area (Å²) in [5, 5.41) is 12.7. The Bertz CT molecular complexity index is 619. The highest BCUT2D eigenvalue weighted by atomic mass is 15.1. The van der Waals surface area contributed by atoms with Crippen LogP contribution in [0.2, 0.25) is 0 Å². The molecule has 1 saturated carbocycles. The fourth-order valence-corrected chi connectivity index (χ4v) is 2.26. The maximum Gasteiger partial charge on any atom is 0.156 e. The van der Waals surface area contributed by atoms with Crippen LogP contribution in [-0.2, 0) is 0 Å². The number of nitriles is 1. The molecule has 0 aliphatic heterocycles. The van der Waals surface area contributed by atoms with Gasteiger partial charge in [-0.15, -0.1) is 0 Å². The van der Waals surface area contributed by atoms with Crippen molar-refractivity contribution in [2.24, 2.45) is 0 Å². The second-order valence-corrected chi connectivity index (χ2v) is 4.98. The second-order valence-electron chi connectivity index (χ2n) is 4.98. The number of nitrogens with one attached hydrogen (secondary N) is 1. The fraction of sp³-hybridized carbons (Fsp3) is 0.333. The number of imidazole rings is 1. The molecule has 4 heteroatoms. The lowest BCUT2D eigenvalue weighted by Crippen LogP contribution is -2.13. The predicted molar refractivity (Wildman–Crippen MR) is 73.7 cm³/mol. The van der Waals surface area contributed by atoms with E-state index in [4.69, 9.17) is 0 Å². The molecule has 3 rings (SSSR count). The molecule has 0 radical (unpaired) electrons. The van der Waals surface area contributed by atoms with Crippen molar-refractivity contribution >= 4 is 5.69 Å². The average molecular weight is 252 g/mol. The van der Waals surface area contributed by atoms with Gasteiger partial charge >= 0.3 is 0 Å². The zero-order valence-electron chi connectivity index (χ0n) is 10.9. The highest BCUT2D eigenvalue weighted by Gasteiger charge is 2.28. The van der Waals surface area contributed by atoms with Crippen LogP contribution < -0.4 is 5.32 Å². The van der Waals surface area contributed by atoms with E-state index < -0.39 is 0 Å². The molecule has 0 amide bonds. The topological polar surface area (TPSA) is 53.6 Å². The van der Waals surface area contributed by atoms with E-state index in [1.165, 1.54) is 12.8 Å². The molecule has 1 unspecified atom stereocenters. The second kappa shape index (κ2) is 4.77. The number of hydrogen-bond acceptors (Lipinski definition) is 3. The van der Waals surface area contributed by atoms with Crippen LogP contribution in [0.15, 0.2) is 36.8 Å². The Morgan fingerprint density at radius 1 is 1.42 bits per heavy atom. The van der Waals surface area contributed by atoms with E-state index in [1.807, 2.05) is 37.5 Å². The molecule has 1 aliphatic carbocycles. The number of para-hydroxylation sites is 1. The Balaban J connectivity index is 1.87. The third-order valence-electron chi connectivity index (χ3n) is 3.51. The molecule has 1 aliphatic rings. The van der Waals surface area contributed by atoms with E-state index in [0.717, 1.165) is 16.9 Å². The fourth-order valence-electron chi connectivity index (χ4n) is 2.26. The first kappa shape index (κ1) is 11.8. The van der Waals surface area contributed by atoms with E-state index >= 15 is 0 Å². The van der Waals surface area contributed by atoms with Crippen molar-refractivity contribution in [1.29, 1.82) is 5.26 Å². The SMILES string of the molecule is Cc1ccccc1NC(C#N)c1cncn1C1CC1. The van der Waals surface area contributed by atoms with Gasteiger partial charge < -0.3 is 9.88 Å². The van der Waals surface area contributed by atoms with Crippen LogP contribution in [0.3, 0.4) is 0 Å². The smallest absolute Gasteiger partial charge is 0.156 e. The Hall–Kier alpha value is -2.28. The first-order chi connectivity index (χ1) is 9.29. The van der Waals surface area contributed by atoms with Gasteiger partial charge in [0.2, 0.25) is 0 Å². The lowest BCUT2D eigenvalue weighted by Gasteiger charge is -2.16. The van der Waals surface area contributed by atoms with Crippen molar-refractivity contribution in [1.82, 2.24) is 9.55 Å². The van der Waals surface area contributed by atoms with Gasteiger partial charge in [0.15, 0.2) is 6.04 Å². The van der Waals surface area contributed by atoms with Crippen molar-refractivity contribution < 1.29 is 0 Å². The van der Waals surface area contributed by atoms with Gasteiger partial charge in [0, 0.05) is 11.7 Å². The van der Waals surface area contributed by atoms with Crippen LogP contribution in [0.1, 0.15) is 36.2 Å². The molecule has 0 bridgehead atoms. The molecule has 0 saturated heterocycles. The number of benzene rings is 1. The van der Waals surface area contributed by atoms with Gasteiger partial charge in [-0.3, -0.25) is 0 Å². The molecular weight excluding hydrogens is 236 g/mol. The van der Waals surface area contributed by atoms with Crippen LogP contribution in [0.4, 0.5) is 5.69 Å². The molecule has 4 nitrogen and oxygen atoms in total. The van der Waals surface area contributed by atoms with Crippen LogP contribution in [0.25, 0.3) is 0 Å². The summed E-state index contributed by atoms with van der Waals surface area (Å²) in [5.74, 6) is 0. The summed E-state index contributed by atoms with van der Waals surface area (Å²) in [4.78, 5) is 4.19. The quantitative estimate of drug-likeness (QED) is 0.909. The molecule has 1 aromatic carbocycles. The van der Waals surface area contributed by atoms with E-state index in [0.29, 0.717) is 6.04 Å². The Morgan fingerprint density at radius 2 is 2.21 bits per heavy atom. The van der Waals surface area contributed by atoms with Gasteiger partial charge in [0.05, 0.1) is 24.3 Å². The molecular formula is C15H16N4.